The Balaban J connectivity index is 1.64. The summed E-state index contributed by atoms with van der Waals surface area (Å²) in [5.74, 6) is -0.225. The van der Waals surface area contributed by atoms with Crippen LogP contribution < -0.4 is 5.32 Å². The summed E-state index contributed by atoms with van der Waals surface area (Å²) in [7, 11) is 0. The number of carbonyl (C=O) groups is 2. The van der Waals surface area contributed by atoms with Crippen LogP contribution in [0, 0.1) is 0 Å². The van der Waals surface area contributed by atoms with Crippen molar-refractivity contribution in [2.24, 2.45) is 0 Å². The van der Waals surface area contributed by atoms with Crippen LogP contribution in [0.5, 0.6) is 0 Å². The fourth-order valence-corrected chi connectivity index (χ4v) is 3.39. The predicted molar refractivity (Wildman–Crippen MR) is 105 cm³/mol. The van der Waals surface area contributed by atoms with Crippen LogP contribution >= 0.6 is 0 Å². The number of amides is 2. The van der Waals surface area contributed by atoms with Gasteiger partial charge in [-0.15, -0.1) is 0 Å². The Morgan fingerprint density at radius 2 is 1.36 bits per heavy atom. The SMILES string of the molecule is O=C1NC(c2ccccc2)N(C(=O)OCc2ccccc2)C1c1ccccc1. The van der Waals surface area contributed by atoms with Gasteiger partial charge >= 0.3 is 6.09 Å². The van der Waals surface area contributed by atoms with Crippen LogP contribution in [0.3, 0.4) is 0 Å². The van der Waals surface area contributed by atoms with Gasteiger partial charge in [0.25, 0.3) is 0 Å². The summed E-state index contributed by atoms with van der Waals surface area (Å²) in [6.45, 7) is 0.146. The van der Waals surface area contributed by atoms with Crippen molar-refractivity contribution in [2.75, 3.05) is 0 Å². The zero-order valence-electron chi connectivity index (χ0n) is 15.2. The average molecular weight is 372 g/mol. The first-order chi connectivity index (χ1) is 13.7. The van der Waals surface area contributed by atoms with E-state index in [9.17, 15) is 9.59 Å². The van der Waals surface area contributed by atoms with E-state index in [1.165, 1.54) is 4.90 Å². The smallest absolute Gasteiger partial charge is 0.412 e. The maximum atomic E-state index is 13.0. The minimum absolute atomic E-state index is 0.146. The van der Waals surface area contributed by atoms with Gasteiger partial charge in [0.2, 0.25) is 5.91 Å². The summed E-state index contributed by atoms with van der Waals surface area (Å²) >= 11 is 0. The zero-order chi connectivity index (χ0) is 19.3. The third-order valence-electron chi connectivity index (χ3n) is 4.73. The van der Waals surface area contributed by atoms with Gasteiger partial charge in [0.15, 0.2) is 0 Å². The molecule has 1 N–H and O–H groups in total. The van der Waals surface area contributed by atoms with Crippen LogP contribution in [0.25, 0.3) is 0 Å². The van der Waals surface area contributed by atoms with Crippen LogP contribution in [0.2, 0.25) is 0 Å². The molecule has 1 heterocycles. The molecule has 5 heteroatoms. The van der Waals surface area contributed by atoms with E-state index in [0.717, 1.165) is 16.7 Å². The number of nitrogens with zero attached hydrogens (tertiary/aromatic N) is 1. The highest BCUT2D eigenvalue weighted by atomic mass is 16.6. The van der Waals surface area contributed by atoms with Crippen molar-refractivity contribution in [3.63, 3.8) is 0 Å². The Labute approximate surface area is 163 Å². The molecule has 4 rings (SSSR count). The van der Waals surface area contributed by atoms with E-state index < -0.39 is 18.3 Å². The summed E-state index contributed by atoms with van der Waals surface area (Å²) < 4.78 is 5.56. The van der Waals surface area contributed by atoms with Gasteiger partial charge in [-0.25, -0.2) is 4.79 Å². The van der Waals surface area contributed by atoms with Crippen LogP contribution in [-0.4, -0.2) is 16.9 Å². The highest BCUT2D eigenvalue weighted by Gasteiger charge is 2.45. The van der Waals surface area contributed by atoms with Crippen LogP contribution in [0.15, 0.2) is 91.0 Å². The van der Waals surface area contributed by atoms with E-state index in [0.29, 0.717) is 0 Å². The molecule has 1 saturated heterocycles. The molecule has 2 atom stereocenters. The minimum Gasteiger partial charge on any atom is -0.444 e. The molecule has 0 radical (unpaired) electrons. The van der Waals surface area contributed by atoms with Crippen molar-refractivity contribution in [3.05, 3.63) is 108 Å². The molecule has 2 amide bonds. The molecule has 0 aromatic heterocycles. The van der Waals surface area contributed by atoms with E-state index in [2.05, 4.69) is 5.32 Å². The van der Waals surface area contributed by atoms with Crippen molar-refractivity contribution in [1.82, 2.24) is 10.2 Å². The van der Waals surface area contributed by atoms with Gasteiger partial charge in [-0.2, -0.15) is 0 Å². The molecule has 5 nitrogen and oxygen atoms in total. The van der Waals surface area contributed by atoms with Crippen LogP contribution in [0.4, 0.5) is 4.79 Å². The third kappa shape index (κ3) is 3.60. The second-order valence-corrected chi connectivity index (χ2v) is 6.58. The van der Waals surface area contributed by atoms with Crippen molar-refractivity contribution < 1.29 is 14.3 Å². The van der Waals surface area contributed by atoms with Crippen LogP contribution in [0.1, 0.15) is 28.9 Å². The highest BCUT2D eigenvalue weighted by Crippen LogP contribution is 2.36. The summed E-state index contributed by atoms with van der Waals surface area (Å²) in [5.41, 5.74) is 2.46. The number of carbonyl (C=O) groups excluding carboxylic acids is 2. The number of hydrogen-bond donors (Lipinski definition) is 1. The maximum Gasteiger partial charge on any atom is 0.412 e. The van der Waals surface area contributed by atoms with E-state index in [1.807, 2.05) is 91.0 Å². The van der Waals surface area contributed by atoms with E-state index in [-0.39, 0.29) is 12.5 Å². The first-order valence-corrected chi connectivity index (χ1v) is 9.13. The Hall–Kier alpha value is -3.60. The average Bonchev–Trinajstić information content (AvgIpc) is 3.11. The third-order valence-corrected chi connectivity index (χ3v) is 4.73. The molecule has 3 aromatic rings. The standard InChI is InChI=1S/C23H20N2O3/c26-22-20(18-12-6-2-7-13-18)25(21(24-22)19-14-8-3-9-15-19)23(27)28-16-17-10-4-1-5-11-17/h1-15,20-21H,16H2,(H,24,26). The first kappa shape index (κ1) is 17.8. The molecule has 140 valence electrons. The Morgan fingerprint density at radius 1 is 0.821 bits per heavy atom. The molecule has 0 aliphatic carbocycles. The molecule has 28 heavy (non-hydrogen) atoms. The molecule has 0 bridgehead atoms. The van der Waals surface area contributed by atoms with Gasteiger partial charge in [0, 0.05) is 0 Å². The lowest BCUT2D eigenvalue weighted by molar-refractivity contribution is -0.121. The monoisotopic (exact) mass is 372 g/mol. The molecular weight excluding hydrogens is 352 g/mol. The Kier molecular flexibility index (Phi) is 5.06. The Morgan fingerprint density at radius 3 is 1.96 bits per heavy atom. The summed E-state index contributed by atoms with van der Waals surface area (Å²) in [6.07, 6.45) is -1.12. The van der Waals surface area contributed by atoms with Gasteiger partial charge in [0.1, 0.15) is 18.8 Å². The van der Waals surface area contributed by atoms with Gasteiger partial charge in [-0.05, 0) is 16.7 Å². The van der Waals surface area contributed by atoms with E-state index in [4.69, 9.17) is 4.74 Å². The zero-order valence-corrected chi connectivity index (χ0v) is 15.2. The van der Waals surface area contributed by atoms with Crippen molar-refractivity contribution in [3.8, 4) is 0 Å². The second-order valence-electron chi connectivity index (χ2n) is 6.58. The van der Waals surface area contributed by atoms with E-state index >= 15 is 0 Å². The normalized spacial score (nSPS) is 18.6. The molecular formula is C23H20N2O3. The largest absolute Gasteiger partial charge is 0.444 e. The van der Waals surface area contributed by atoms with Crippen molar-refractivity contribution in [1.29, 1.82) is 0 Å². The second kappa shape index (κ2) is 7.96. The van der Waals surface area contributed by atoms with Crippen molar-refractivity contribution >= 4 is 12.0 Å². The highest BCUT2D eigenvalue weighted by molar-refractivity contribution is 5.90. The first-order valence-electron chi connectivity index (χ1n) is 9.13. The molecule has 0 saturated carbocycles. The van der Waals surface area contributed by atoms with Gasteiger partial charge in [-0.1, -0.05) is 91.0 Å². The fraction of sp³-hybridized carbons (Fsp3) is 0.130. The minimum atomic E-state index is -0.741. The molecule has 2 unspecified atom stereocenters. The number of rotatable bonds is 4. The van der Waals surface area contributed by atoms with Gasteiger partial charge < -0.3 is 10.1 Å². The molecule has 3 aromatic carbocycles. The molecule has 1 aliphatic heterocycles. The number of nitrogens with one attached hydrogen (secondary N) is 1. The lowest BCUT2D eigenvalue weighted by atomic mass is 10.1. The van der Waals surface area contributed by atoms with E-state index in [1.54, 1.807) is 0 Å². The van der Waals surface area contributed by atoms with Crippen molar-refractivity contribution in [2.45, 2.75) is 18.8 Å². The molecule has 1 aliphatic rings. The quantitative estimate of drug-likeness (QED) is 0.747. The number of hydrogen-bond acceptors (Lipinski definition) is 3. The number of ether oxygens (including phenoxy) is 1. The lowest BCUT2D eigenvalue weighted by Crippen LogP contribution is -2.35. The maximum absolute atomic E-state index is 13.0. The summed E-state index contributed by atoms with van der Waals surface area (Å²) in [5, 5.41) is 2.93. The fourth-order valence-electron chi connectivity index (χ4n) is 3.39. The Bertz CT molecular complexity index is 945. The summed E-state index contributed by atoms with van der Waals surface area (Å²) in [4.78, 5) is 27.3. The molecule has 1 fully saturated rings. The predicted octanol–water partition coefficient (Wildman–Crippen LogP) is 4.20. The van der Waals surface area contributed by atoms with Gasteiger partial charge in [-0.3, -0.25) is 9.69 Å². The topological polar surface area (TPSA) is 58.6 Å². The number of benzene rings is 3. The lowest BCUT2D eigenvalue weighted by Gasteiger charge is -2.27. The molecule has 0 spiro atoms. The summed E-state index contributed by atoms with van der Waals surface area (Å²) in [6, 6.07) is 27.4. The van der Waals surface area contributed by atoms with Crippen LogP contribution in [-0.2, 0) is 16.1 Å². The van der Waals surface area contributed by atoms with Gasteiger partial charge in [0.05, 0.1) is 0 Å².